The molecule has 0 rings (SSSR count). The Balaban J connectivity index is 3.22. The van der Waals surface area contributed by atoms with Crippen LogP contribution in [0.15, 0.2) is 0 Å². The molecular formula is C12H27NOS. The maximum Gasteiger partial charge on any atom is 0.0552 e. The van der Waals surface area contributed by atoms with Crippen molar-refractivity contribution >= 4 is 11.8 Å². The third kappa shape index (κ3) is 10.6. The van der Waals surface area contributed by atoms with Crippen LogP contribution >= 0.6 is 11.8 Å². The van der Waals surface area contributed by atoms with Crippen LogP contribution in [0.4, 0.5) is 0 Å². The van der Waals surface area contributed by atoms with E-state index in [-0.39, 0.29) is 0 Å². The van der Waals surface area contributed by atoms with Gasteiger partial charge in [-0.25, -0.2) is 0 Å². The molecule has 0 saturated heterocycles. The molecule has 1 unspecified atom stereocenters. The normalized spacial score (nSPS) is 13.0. The minimum atomic E-state index is 0.730. The standard InChI is InChI=1S/C12H27NOS/c1-4-8-13-12(5-2)7-6-10-15-11-9-14-3/h12-13H,4-11H2,1-3H3. The smallest absolute Gasteiger partial charge is 0.0552 e. The van der Waals surface area contributed by atoms with E-state index in [9.17, 15) is 0 Å². The Morgan fingerprint density at radius 3 is 2.67 bits per heavy atom. The minimum absolute atomic E-state index is 0.730. The molecule has 0 aliphatic rings. The van der Waals surface area contributed by atoms with Gasteiger partial charge in [0.1, 0.15) is 0 Å². The van der Waals surface area contributed by atoms with Crippen molar-refractivity contribution in [2.75, 3.05) is 31.8 Å². The van der Waals surface area contributed by atoms with Gasteiger partial charge in [0.25, 0.3) is 0 Å². The Hall–Kier alpha value is 0.270. The number of nitrogens with one attached hydrogen (secondary N) is 1. The highest BCUT2D eigenvalue weighted by atomic mass is 32.2. The molecule has 0 bridgehead atoms. The minimum Gasteiger partial charge on any atom is -0.384 e. The van der Waals surface area contributed by atoms with Crippen LogP contribution in [0.1, 0.15) is 39.5 Å². The summed E-state index contributed by atoms with van der Waals surface area (Å²) in [6, 6.07) is 0.730. The van der Waals surface area contributed by atoms with Gasteiger partial charge in [0.15, 0.2) is 0 Å². The first-order valence-corrected chi connectivity index (χ1v) is 7.30. The summed E-state index contributed by atoms with van der Waals surface area (Å²) in [7, 11) is 1.77. The first-order valence-electron chi connectivity index (χ1n) is 6.15. The lowest BCUT2D eigenvalue weighted by molar-refractivity contribution is 0.218. The van der Waals surface area contributed by atoms with Crippen molar-refractivity contribution in [1.29, 1.82) is 0 Å². The maximum atomic E-state index is 5.01. The largest absolute Gasteiger partial charge is 0.384 e. The van der Waals surface area contributed by atoms with Gasteiger partial charge in [0.05, 0.1) is 6.61 Å². The van der Waals surface area contributed by atoms with Gasteiger partial charge in [-0.2, -0.15) is 11.8 Å². The van der Waals surface area contributed by atoms with Crippen LogP contribution in [0.2, 0.25) is 0 Å². The van der Waals surface area contributed by atoms with E-state index in [1.807, 2.05) is 11.8 Å². The van der Waals surface area contributed by atoms with E-state index in [1.165, 1.54) is 31.4 Å². The second-order valence-electron chi connectivity index (χ2n) is 3.81. The van der Waals surface area contributed by atoms with Gasteiger partial charge in [0, 0.05) is 18.9 Å². The molecule has 0 radical (unpaired) electrons. The summed E-state index contributed by atoms with van der Waals surface area (Å²) in [5, 5.41) is 3.59. The summed E-state index contributed by atoms with van der Waals surface area (Å²) in [5.41, 5.74) is 0. The molecule has 0 saturated carbocycles. The first kappa shape index (κ1) is 15.3. The number of ether oxygens (including phenoxy) is 1. The zero-order valence-electron chi connectivity index (χ0n) is 10.6. The Labute approximate surface area is 99.5 Å². The van der Waals surface area contributed by atoms with Crippen LogP contribution in [0.25, 0.3) is 0 Å². The van der Waals surface area contributed by atoms with Gasteiger partial charge in [-0.1, -0.05) is 13.8 Å². The number of methoxy groups -OCH3 is 1. The predicted molar refractivity (Wildman–Crippen MR) is 70.8 cm³/mol. The van der Waals surface area contributed by atoms with Crippen molar-refractivity contribution in [1.82, 2.24) is 5.32 Å². The SMILES string of the molecule is CCCNC(CC)CCCSCCOC. The molecule has 2 nitrogen and oxygen atoms in total. The van der Waals surface area contributed by atoms with Gasteiger partial charge in [-0.15, -0.1) is 0 Å². The quantitative estimate of drug-likeness (QED) is 0.554. The Kier molecular flexibility index (Phi) is 12.6. The summed E-state index contributed by atoms with van der Waals surface area (Å²) in [6.07, 6.45) is 5.13. The zero-order valence-corrected chi connectivity index (χ0v) is 11.4. The average molecular weight is 233 g/mol. The molecule has 1 atom stereocenters. The lowest BCUT2D eigenvalue weighted by Crippen LogP contribution is -2.29. The molecule has 0 fully saturated rings. The Morgan fingerprint density at radius 1 is 1.27 bits per heavy atom. The molecule has 3 heteroatoms. The highest BCUT2D eigenvalue weighted by Crippen LogP contribution is 2.08. The van der Waals surface area contributed by atoms with E-state index >= 15 is 0 Å². The monoisotopic (exact) mass is 233 g/mol. The van der Waals surface area contributed by atoms with Crippen molar-refractivity contribution in [3.8, 4) is 0 Å². The van der Waals surface area contributed by atoms with E-state index in [4.69, 9.17) is 4.74 Å². The second-order valence-corrected chi connectivity index (χ2v) is 5.03. The molecule has 0 heterocycles. The molecule has 0 amide bonds. The molecule has 0 spiro atoms. The Morgan fingerprint density at radius 2 is 2.07 bits per heavy atom. The van der Waals surface area contributed by atoms with E-state index in [0.29, 0.717) is 0 Å². The molecule has 0 aromatic heterocycles. The van der Waals surface area contributed by atoms with Gasteiger partial charge in [-0.3, -0.25) is 0 Å². The highest BCUT2D eigenvalue weighted by molar-refractivity contribution is 7.99. The maximum absolute atomic E-state index is 5.01. The average Bonchev–Trinajstić information content (AvgIpc) is 2.27. The van der Waals surface area contributed by atoms with Crippen molar-refractivity contribution in [2.24, 2.45) is 0 Å². The summed E-state index contributed by atoms with van der Waals surface area (Å²) in [4.78, 5) is 0. The lowest BCUT2D eigenvalue weighted by atomic mass is 10.1. The van der Waals surface area contributed by atoms with Gasteiger partial charge < -0.3 is 10.1 Å². The van der Waals surface area contributed by atoms with Crippen LogP contribution in [-0.2, 0) is 4.74 Å². The second kappa shape index (κ2) is 12.3. The third-order valence-corrected chi connectivity index (χ3v) is 3.48. The third-order valence-electron chi connectivity index (χ3n) is 2.45. The fourth-order valence-corrected chi connectivity index (χ4v) is 2.33. The summed E-state index contributed by atoms with van der Waals surface area (Å²) in [5.74, 6) is 2.41. The molecule has 15 heavy (non-hydrogen) atoms. The van der Waals surface area contributed by atoms with Crippen molar-refractivity contribution in [3.05, 3.63) is 0 Å². The summed E-state index contributed by atoms with van der Waals surface area (Å²) in [6.45, 7) is 6.54. The number of hydrogen-bond acceptors (Lipinski definition) is 3. The van der Waals surface area contributed by atoms with Crippen LogP contribution in [0.5, 0.6) is 0 Å². The first-order chi connectivity index (χ1) is 7.35. The molecule has 0 aromatic carbocycles. The number of hydrogen-bond donors (Lipinski definition) is 1. The zero-order chi connectivity index (χ0) is 11.4. The van der Waals surface area contributed by atoms with Crippen molar-refractivity contribution in [2.45, 2.75) is 45.6 Å². The van der Waals surface area contributed by atoms with E-state index < -0.39 is 0 Å². The summed E-state index contributed by atoms with van der Waals surface area (Å²) >= 11 is 2.00. The van der Waals surface area contributed by atoms with Crippen LogP contribution in [0, 0.1) is 0 Å². The topological polar surface area (TPSA) is 21.3 Å². The van der Waals surface area contributed by atoms with Crippen molar-refractivity contribution in [3.63, 3.8) is 0 Å². The fraction of sp³-hybridized carbons (Fsp3) is 1.00. The van der Waals surface area contributed by atoms with Gasteiger partial charge >= 0.3 is 0 Å². The molecule has 1 N–H and O–H groups in total. The van der Waals surface area contributed by atoms with Crippen LogP contribution < -0.4 is 5.32 Å². The van der Waals surface area contributed by atoms with E-state index in [0.717, 1.165) is 24.9 Å². The van der Waals surface area contributed by atoms with Gasteiger partial charge in [0.2, 0.25) is 0 Å². The highest BCUT2D eigenvalue weighted by Gasteiger charge is 2.03. The molecule has 92 valence electrons. The number of rotatable bonds is 11. The van der Waals surface area contributed by atoms with Crippen LogP contribution in [-0.4, -0.2) is 37.8 Å². The molecule has 0 aliphatic heterocycles. The van der Waals surface area contributed by atoms with E-state index in [1.54, 1.807) is 7.11 Å². The molecule has 0 aromatic rings. The fourth-order valence-electron chi connectivity index (χ4n) is 1.48. The molecule has 0 aliphatic carbocycles. The summed E-state index contributed by atoms with van der Waals surface area (Å²) < 4.78 is 5.01. The predicted octanol–water partition coefficient (Wildman–Crippen LogP) is 2.92. The van der Waals surface area contributed by atoms with Crippen LogP contribution in [0.3, 0.4) is 0 Å². The Bertz CT molecular complexity index is 122. The van der Waals surface area contributed by atoms with E-state index in [2.05, 4.69) is 19.2 Å². The van der Waals surface area contributed by atoms with Crippen molar-refractivity contribution < 1.29 is 4.74 Å². The lowest BCUT2D eigenvalue weighted by Gasteiger charge is -2.15. The molecular weight excluding hydrogens is 206 g/mol. The number of thioether (sulfide) groups is 1. The van der Waals surface area contributed by atoms with Gasteiger partial charge in [-0.05, 0) is 38.0 Å².